The van der Waals surface area contributed by atoms with E-state index in [-0.39, 0.29) is 23.3 Å². The van der Waals surface area contributed by atoms with Gasteiger partial charge in [-0.25, -0.2) is 0 Å². The Morgan fingerprint density at radius 3 is 2.42 bits per heavy atom. The van der Waals surface area contributed by atoms with Crippen LogP contribution in [0.5, 0.6) is 0 Å². The highest BCUT2D eigenvalue weighted by atomic mass is 32.2. The lowest BCUT2D eigenvalue weighted by atomic mass is 9.89. The van der Waals surface area contributed by atoms with Crippen LogP contribution in [-0.4, -0.2) is 34.8 Å². The number of benzene rings is 1. The quantitative estimate of drug-likeness (QED) is 0.830. The molecule has 0 spiro atoms. The molecule has 1 unspecified atom stereocenters. The van der Waals surface area contributed by atoms with Gasteiger partial charge in [-0.15, -0.1) is 11.8 Å². The van der Waals surface area contributed by atoms with Gasteiger partial charge < -0.3 is 10.0 Å². The Hall–Kier alpha value is -1.21. The number of hydrogen-bond donors (Lipinski definition) is 1. The van der Waals surface area contributed by atoms with E-state index in [4.69, 9.17) is 0 Å². The Balaban J connectivity index is 2.04. The molecule has 1 fully saturated rings. The molecule has 1 atom stereocenters. The first kappa shape index (κ1) is 19.1. The van der Waals surface area contributed by atoms with Crippen LogP contribution in [0.25, 0.3) is 0 Å². The lowest BCUT2D eigenvalue weighted by molar-refractivity contribution is -0.137. The van der Waals surface area contributed by atoms with Gasteiger partial charge in [0.05, 0.1) is 11.3 Å². The fraction of sp³-hybridized carbons (Fsp3) is 0.588. The van der Waals surface area contributed by atoms with E-state index in [1.807, 2.05) is 13.8 Å². The van der Waals surface area contributed by atoms with Crippen LogP contribution in [0.2, 0.25) is 0 Å². The number of carbonyl (C=O) groups excluding carboxylic acids is 1. The average Bonchev–Trinajstić information content (AvgIpc) is 2.88. The van der Waals surface area contributed by atoms with Gasteiger partial charge >= 0.3 is 6.18 Å². The predicted molar refractivity (Wildman–Crippen MR) is 88.5 cm³/mol. The highest BCUT2D eigenvalue weighted by Gasteiger charge is 2.34. The molecule has 0 aliphatic carbocycles. The van der Waals surface area contributed by atoms with E-state index >= 15 is 0 Å². The van der Waals surface area contributed by atoms with Crippen molar-refractivity contribution in [1.29, 1.82) is 0 Å². The van der Waals surface area contributed by atoms with Gasteiger partial charge in [0.2, 0.25) is 5.91 Å². The molecule has 134 valence electrons. The van der Waals surface area contributed by atoms with Gasteiger partial charge in [-0.2, -0.15) is 13.2 Å². The van der Waals surface area contributed by atoms with Gasteiger partial charge in [-0.05, 0) is 36.0 Å². The number of halogens is 3. The normalized spacial score (nSPS) is 19.2. The SMILES string of the molecule is CC(C)(CO)CCCN1C(=O)CSC1c1ccc(C(F)(F)F)cc1. The number of thioether (sulfide) groups is 1. The largest absolute Gasteiger partial charge is 0.416 e. The van der Waals surface area contributed by atoms with Crippen LogP contribution in [0.1, 0.15) is 43.2 Å². The fourth-order valence-electron chi connectivity index (χ4n) is 2.62. The highest BCUT2D eigenvalue weighted by molar-refractivity contribution is 8.00. The molecule has 24 heavy (non-hydrogen) atoms. The van der Waals surface area contributed by atoms with Crippen LogP contribution >= 0.6 is 11.8 Å². The van der Waals surface area contributed by atoms with E-state index in [0.29, 0.717) is 17.9 Å². The number of alkyl halides is 3. The van der Waals surface area contributed by atoms with Crippen LogP contribution in [0.4, 0.5) is 13.2 Å². The third-order valence-electron chi connectivity index (χ3n) is 4.17. The summed E-state index contributed by atoms with van der Waals surface area (Å²) in [7, 11) is 0. The Labute approximate surface area is 144 Å². The number of aliphatic hydroxyl groups is 1. The maximum Gasteiger partial charge on any atom is 0.416 e. The molecule has 1 heterocycles. The molecule has 1 N–H and O–H groups in total. The third kappa shape index (κ3) is 4.66. The van der Waals surface area contributed by atoms with E-state index in [1.54, 1.807) is 4.90 Å². The molecule has 0 radical (unpaired) electrons. The molecule has 1 aliphatic heterocycles. The second-order valence-corrected chi connectivity index (χ2v) is 7.86. The molecule has 0 saturated carbocycles. The topological polar surface area (TPSA) is 40.5 Å². The lowest BCUT2D eigenvalue weighted by Gasteiger charge is -2.27. The monoisotopic (exact) mass is 361 g/mol. The summed E-state index contributed by atoms with van der Waals surface area (Å²) in [6, 6.07) is 5.02. The van der Waals surface area contributed by atoms with Crippen molar-refractivity contribution in [1.82, 2.24) is 4.90 Å². The first-order valence-corrected chi connectivity index (χ1v) is 8.88. The van der Waals surface area contributed by atoms with E-state index < -0.39 is 11.7 Å². The predicted octanol–water partition coefficient (Wildman–Crippen LogP) is 4.08. The standard InChI is InChI=1S/C17H22F3NO2S/c1-16(2,11-22)8-3-9-21-14(23)10-24-15(21)12-4-6-13(7-5-12)17(18,19)20/h4-7,15,22H,3,8-11H2,1-2H3. The number of aliphatic hydroxyl groups excluding tert-OH is 1. The maximum absolute atomic E-state index is 12.7. The highest BCUT2D eigenvalue weighted by Crippen LogP contribution is 2.40. The number of carbonyl (C=O) groups is 1. The van der Waals surface area contributed by atoms with Crippen molar-refractivity contribution in [2.45, 2.75) is 38.2 Å². The van der Waals surface area contributed by atoms with Gasteiger partial charge in [0, 0.05) is 13.2 Å². The smallest absolute Gasteiger partial charge is 0.396 e. The van der Waals surface area contributed by atoms with E-state index in [2.05, 4.69) is 0 Å². The zero-order chi connectivity index (χ0) is 18.0. The van der Waals surface area contributed by atoms with E-state index in [9.17, 15) is 23.1 Å². The van der Waals surface area contributed by atoms with Gasteiger partial charge in [-0.3, -0.25) is 4.79 Å². The second-order valence-electron chi connectivity index (χ2n) is 6.80. The Bertz CT molecular complexity index is 572. The van der Waals surface area contributed by atoms with Crippen LogP contribution < -0.4 is 0 Å². The molecule has 1 aromatic carbocycles. The molecular weight excluding hydrogens is 339 g/mol. The Morgan fingerprint density at radius 1 is 1.25 bits per heavy atom. The fourth-order valence-corrected chi connectivity index (χ4v) is 3.83. The summed E-state index contributed by atoms with van der Waals surface area (Å²) in [5.41, 5.74) is -0.170. The molecule has 7 heteroatoms. The summed E-state index contributed by atoms with van der Waals surface area (Å²) in [6.45, 7) is 4.54. The summed E-state index contributed by atoms with van der Waals surface area (Å²) < 4.78 is 38.0. The number of hydrogen-bond acceptors (Lipinski definition) is 3. The number of nitrogens with zero attached hydrogens (tertiary/aromatic N) is 1. The molecule has 1 saturated heterocycles. The van der Waals surface area contributed by atoms with Gasteiger partial charge in [0.25, 0.3) is 0 Å². The maximum atomic E-state index is 12.7. The molecule has 0 bridgehead atoms. The van der Waals surface area contributed by atoms with Crippen LogP contribution in [0.15, 0.2) is 24.3 Å². The summed E-state index contributed by atoms with van der Waals surface area (Å²) in [5, 5.41) is 9.04. The summed E-state index contributed by atoms with van der Waals surface area (Å²) in [5.74, 6) is 0.349. The first-order chi connectivity index (χ1) is 11.1. The van der Waals surface area contributed by atoms with Crippen molar-refractivity contribution in [3.05, 3.63) is 35.4 Å². The van der Waals surface area contributed by atoms with Gasteiger partial charge in [0.1, 0.15) is 5.37 Å². The minimum atomic E-state index is -4.35. The van der Waals surface area contributed by atoms with Crippen LogP contribution in [-0.2, 0) is 11.0 Å². The summed E-state index contributed by atoms with van der Waals surface area (Å²) in [6.07, 6.45) is -2.83. The van der Waals surface area contributed by atoms with Crippen LogP contribution in [0.3, 0.4) is 0 Å². The Morgan fingerprint density at radius 2 is 1.88 bits per heavy atom. The average molecular weight is 361 g/mol. The van der Waals surface area contributed by atoms with Gasteiger partial charge in [0.15, 0.2) is 0 Å². The first-order valence-electron chi connectivity index (χ1n) is 7.83. The zero-order valence-corrected chi connectivity index (χ0v) is 14.6. The minimum Gasteiger partial charge on any atom is -0.396 e. The van der Waals surface area contributed by atoms with E-state index in [1.165, 1.54) is 23.9 Å². The number of amides is 1. The Kier molecular flexibility index (Phi) is 5.86. The van der Waals surface area contributed by atoms with Crippen molar-refractivity contribution in [3.63, 3.8) is 0 Å². The molecule has 2 rings (SSSR count). The van der Waals surface area contributed by atoms with E-state index in [0.717, 1.165) is 25.0 Å². The number of rotatable bonds is 6. The van der Waals surface area contributed by atoms with Crippen molar-refractivity contribution < 1.29 is 23.1 Å². The van der Waals surface area contributed by atoms with Crippen molar-refractivity contribution in [2.75, 3.05) is 18.9 Å². The van der Waals surface area contributed by atoms with Crippen LogP contribution in [0, 0.1) is 5.41 Å². The molecule has 0 aromatic heterocycles. The molecule has 3 nitrogen and oxygen atoms in total. The van der Waals surface area contributed by atoms with Gasteiger partial charge in [-0.1, -0.05) is 26.0 Å². The van der Waals surface area contributed by atoms with Crippen molar-refractivity contribution in [2.24, 2.45) is 5.41 Å². The van der Waals surface area contributed by atoms with Crippen molar-refractivity contribution >= 4 is 17.7 Å². The molecule has 1 aromatic rings. The molecule has 1 amide bonds. The van der Waals surface area contributed by atoms with Crippen molar-refractivity contribution in [3.8, 4) is 0 Å². The summed E-state index contributed by atoms with van der Waals surface area (Å²) >= 11 is 1.43. The molecule has 1 aliphatic rings. The summed E-state index contributed by atoms with van der Waals surface area (Å²) in [4.78, 5) is 13.8. The minimum absolute atomic E-state index is 0.00621. The zero-order valence-electron chi connectivity index (χ0n) is 13.8. The lowest BCUT2D eigenvalue weighted by Crippen LogP contribution is -2.30. The second kappa shape index (κ2) is 7.35. The third-order valence-corrected chi connectivity index (χ3v) is 5.43. The molecular formula is C17H22F3NO2S.